The molecule has 0 radical (unpaired) electrons. The Bertz CT molecular complexity index is 373. The largest absolute Gasteiger partial charge is 0.286 e. The smallest absolute Gasteiger partial charge is 0.264 e. The summed E-state index contributed by atoms with van der Waals surface area (Å²) in [5.41, 5.74) is 0. The van der Waals surface area contributed by atoms with E-state index in [1.807, 2.05) is 0 Å². The highest BCUT2D eigenvalue weighted by molar-refractivity contribution is 8.00. The first-order valence-electron chi connectivity index (χ1n) is 5.05. The molecule has 0 amide bonds. The maximum atomic E-state index is 10.5. The van der Waals surface area contributed by atoms with Gasteiger partial charge in [-0.15, -0.1) is 0 Å². The molecule has 2 unspecified atom stereocenters. The highest BCUT2D eigenvalue weighted by atomic mass is 32.2. The number of rotatable bonds is 8. The fourth-order valence-electron chi connectivity index (χ4n) is 1.16. The van der Waals surface area contributed by atoms with Crippen molar-refractivity contribution in [2.24, 2.45) is 0 Å². The lowest BCUT2D eigenvalue weighted by Crippen LogP contribution is -2.14. The normalized spacial score (nSPS) is 16.7. The van der Waals surface area contributed by atoms with Gasteiger partial charge in [0.15, 0.2) is 0 Å². The number of hydrogen-bond donors (Lipinski definition) is 2. The summed E-state index contributed by atoms with van der Waals surface area (Å²) in [7, 11) is -7.88. The van der Waals surface area contributed by atoms with Crippen LogP contribution >= 0.6 is 11.8 Å². The van der Waals surface area contributed by atoms with E-state index >= 15 is 0 Å². The van der Waals surface area contributed by atoms with Gasteiger partial charge in [-0.25, -0.2) is 0 Å². The second-order valence-electron chi connectivity index (χ2n) is 3.91. The lowest BCUT2D eigenvalue weighted by molar-refractivity contribution is 0.479. The van der Waals surface area contributed by atoms with Crippen LogP contribution in [0, 0.1) is 0 Å². The van der Waals surface area contributed by atoms with Crippen LogP contribution in [0.25, 0.3) is 0 Å². The molecule has 0 heterocycles. The molecule has 0 spiro atoms. The molecule has 0 aromatic heterocycles. The van der Waals surface area contributed by atoms with Gasteiger partial charge in [-0.05, 0) is 12.8 Å². The zero-order chi connectivity index (χ0) is 13.7. The summed E-state index contributed by atoms with van der Waals surface area (Å²) >= 11 is 1.43. The molecule has 0 bridgehead atoms. The Hall–Kier alpha value is 0.170. The van der Waals surface area contributed by atoms with E-state index < -0.39 is 20.2 Å². The third-order valence-electron chi connectivity index (χ3n) is 2.03. The predicted octanol–water partition coefficient (Wildman–Crippen LogP) is 1.05. The Labute approximate surface area is 107 Å². The summed E-state index contributed by atoms with van der Waals surface area (Å²) in [5, 5.41) is -0.0124. The van der Waals surface area contributed by atoms with E-state index in [0.717, 1.165) is 0 Å². The van der Waals surface area contributed by atoms with Gasteiger partial charge in [0, 0.05) is 10.5 Å². The molecule has 6 nitrogen and oxygen atoms in total. The number of thioether (sulfide) groups is 1. The molecule has 0 rings (SSSR count). The molecule has 0 saturated carbocycles. The predicted molar refractivity (Wildman–Crippen MR) is 68.6 cm³/mol. The molecule has 2 atom stereocenters. The molecule has 0 aromatic rings. The minimum Gasteiger partial charge on any atom is -0.286 e. The summed E-state index contributed by atoms with van der Waals surface area (Å²) in [5.74, 6) is -0.599. The minimum absolute atomic E-state index is 0.00618. The van der Waals surface area contributed by atoms with E-state index in [9.17, 15) is 16.8 Å². The average Bonchev–Trinajstić information content (AvgIpc) is 2.09. The minimum atomic E-state index is -3.94. The Morgan fingerprint density at radius 2 is 1.18 bits per heavy atom. The first-order valence-corrected chi connectivity index (χ1v) is 9.21. The second kappa shape index (κ2) is 6.93. The second-order valence-corrected chi connectivity index (χ2v) is 8.93. The third-order valence-corrected chi connectivity index (χ3v) is 4.93. The van der Waals surface area contributed by atoms with Gasteiger partial charge in [0.05, 0.1) is 11.5 Å². The van der Waals surface area contributed by atoms with Crippen LogP contribution < -0.4 is 0 Å². The molecule has 0 aliphatic heterocycles. The average molecular weight is 306 g/mol. The molecule has 0 aliphatic carbocycles. The van der Waals surface area contributed by atoms with Crippen LogP contribution in [-0.2, 0) is 20.2 Å². The zero-order valence-corrected chi connectivity index (χ0v) is 12.2. The monoisotopic (exact) mass is 306 g/mol. The van der Waals surface area contributed by atoms with Crippen LogP contribution in [0.4, 0.5) is 0 Å². The SMILES string of the molecule is CC(CCS(=O)(=O)O)SC(C)CCS(=O)(=O)O. The van der Waals surface area contributed by atoms with Crippen molar-refractivity contribution in [2.45, 2.75) is 37.2 Å². The van der Waals surface area contributed by atoms with E-state index in [4.69, 9.17) is 9.11 Å². The Morgan fingerprint density at radius 1 is 0.882 bits per heavy atom. The van der Waals surface area contributed by atoms with Gasteiger partial charge in [-0.2, -0.15) is 28.6 Å². The molecular formula is C8H18O6S3. The first kappa shape index (κ1) is 17.2. The van der Waals surface area contributed by atoms with Crippen molar-refractivity contribution in [2.75, 3.05) is 11.5 Å². The molecule has 0 aliphatic rings. The summed E-state index contributed by atoms with van der Waals surface area (Å²) in [6.07, 6.45) is 0.611. The summed E-state index contributed by atoms with van der Waals surface area (Å²) in [6, 6.07) is 0. The lowest BCUT2D eigenvalue weighted by atomic mass is 10.4. The van der Waals surface area contributed by atoms with E-state index in [1.54, 1.807) is 13.8 Å². The summed E-state index contributed by atoms with van der Waals surface area (Å²) < 4.78 is 59.2. The fraction of sp³-hybridized carbons (Fsp3) is 1.00. The van der Waals surface area contributed by atoms with Gasteiger partial charge in [-0.1, -0.05) is 13.8 Å². The molecule has 104 valence electrons. The maximum Gasteiger partial charge on any atom is 0.264 e. The van der Waals surface area contributed by atoms with Crippen molar-refractivity contribution in [1.29, 1.82) is 0 Å². The maximum absolute atomic E-state index is 10.5. The summed E-state index contributed by atoms with van der Waals surface area (Å²) in [4.78, 5) is 0. The molecule has 0 fully saturated rings. The fourth-order valence-corrected chi connectivity index (χ4v) is 4.06. The van der Waals surface area contributed by atoms with E-state index in [0.29, 0.717) is 12.8 Å². The van der Waals surface area contributed by atoms with Crippen LogP contribution in [0.2, 0.25) is 0 Å². The van der Waals surface area contributed by atoms with Gasteiger partial charge in [-0.3, -0.25) is 9.11 Å². The molecule has 2 N–H and O–H groups in total. The van der Waals surface area contributed by atoms with E-state index in [1.165, 1.54) is 11.8 Å². The van der Waals surface area contributed by atoms with Crippen molar-refractivity contribution in [3.8, 4) is 0 Å². The van der Waals surface area contributed by atoms with Crippen molar-refractivity contribution in [1.82, 2.24) is 0 Å². The summed E-state index contributed by atoms with van der Waals surface area (Å²) in [6.45, 7) is 3.61. The van der Waals surface area contributed by atoms with Crippen LogP contribution in [0.1, 0.15) is 26.7 Å². The van der Waals surface area contributed by atoms with Crippen molar-refractivity contribution >= 4 is 32.0 Å². The highest BCUT2D eigenvalue weighted by Crippen LogP contribution is 2.23. The van der Waals surface area contributed by atoms with Crippen LogP contribution in [0.5, 0.6) is 0 Å². The van der Waals surface area contributed by atoms with Crippen molar-refractivity contribution in [3.05, 3.63) is 0 Å². The van der Waals surface area contributed by atoms with Gasteiger partial charge in [0.1, 0.15) is 0 Å². The molecule has 0 aromatic carbocycles. The van der Waals surface area contributed by atoms with Crippen LogP contribution in [-0.4, -0.2) is 47.9 Å². The Kier molecular flexibility index (Phi) is 7.00. The zero-order valence-electron chi connectivity index (χ0n) is 9.74. The van der Waals surface area contributed by atoms with Gasteiger partial charge >= 0.3 is 0 Å². The van der Waals surface area contributed by atoms with Crippen LogP contribution in [0.3, 0.4) is 0 Å². The van der Waals surface area contributed by atoms with Crippen molar-refractivity contribution < 1.29 is 25.9 Å². The third kappa shape index (κ3) is 12.4. The number of hydrogen-bond acceptors (Lipinski definition) is 5. The van der Waals surface area contributed by atoms with Crippen LogP contribution in [0.15, 0.2) is 0 Å². The standard InChI is InChI=1S/C8H18O6S3/c1-7(3-5-16(9,10)11)15-8(2)4-6-17(12,13)14/h7-8H,3-6H2,1-2H3,(H,9,10,11)(H,12,13,14). The Morgan fingerprint density at radius 3 is 1.41 bits per heavy atom. The van der Waals surface area contributed by atoms with Gasteiger partial charge in [0.2, 0.25) is 0 Å². The van der Waals surface area contributed by atoms with E-state index in [2.05, 4.69) is 0 Å². The topological polar surface area (TPSA) is 109 Å². The molecule has 9 heteroatoms. The van der Waals surface area contributed by atoms with Crippen molar-refractivity contribution in [3.63, 3.8) is 0 Å². The van der Waals surface area contributed by atoms with E-state index in [-0.39, 0.29) is 22.0 Å². The van der Waals surface area contributed by atoms with Gasteiger partial charge < -0.3 is 0 Å². The molecular weight excluding hydrogens is 288 g/mol. The quantitative estimate of drug-likeness (QED) is 0.645. The first-order chi connectivity index (χ1) is 7.49. The van der Waals surface area contributed by atoms with Gasteiger partial charge in [0.25, 0.3) is 20.2 Å². The highest BCUT2D eigenvalue weighted by Gasteiger charge is 2.15. The lowest BCUT2D eigenvalue weighted by Gasteiger charge is -2.15. The molecule has 0 saturated heterocycles. The Balaban J connectivity index is 3.92. The molecule has 17 heavy (non-hydrogen) atoms.